The van der Waals surface area contributed by atoms with Crippen LogP contribution in [0.25, 0.3) is 5.65 Å². The summed E-state index contributed by atoms with van der Waals surface area (Å²) in [4.78, 5) is 35.4. The number of amides is 2. The third-order valence-electron chi connectivity index (χ3n) is 5.84. The largest absolute Gasteiger partial charge is 0.475 e. The molecule has 0 spiro atoms. The summed E-state index contributed by atoms with van der Waals surface area (Å²) >= 11 is 0. The molecule has 1 fully saturated rings. The normalized spacial score (nSPS) is 14.7. The summed E-state index contributed by atoms with van der Waals surface area (Å²) in [6.07, 6.45) is 4.45. The van der Waals surface area contributed by atoms with Gasteiger partial charge in [0.05, 0.1) is 18.0 Å². The minimum Gasteiger partial charge on any atom is -0.475 e. The summed E-state index contributed by atoms with van der Waals surface area (Å²) in [7, 11) is -4.14. The van der Waals surface area contributed by atoms with Gasteiger partial charge in [-0.3, -0.25) is 4.79 Å². The highest BCUT2D eigenvalue weighted by Gasteiger charge is 2.28. The molecule has 1 aromatic carbocycles. The smallest absolute Gasteiger partial charge is 0.422 e. The number of halogens is 1. The molecule has 15 heteroatoms. The maximum Gasteiger partial charge on any atom is 0.422 e. The van der Waals surface area contributed by atoms with E-state index in [2.05, 4.69) is 20.0 Å². The van der Waals surface area contributed by atoms with Crippen molar-refractivity contribution < 1.29 is 31.9 Å². The predicted octanol–water partition coefficient (Wildman–Crippen LogP) is 2.85. The van der Waals surface area contributed by atoms with Crippen molar-refractivity contribution in [3.05, 3.63) is 48.3 Å². The highest BCUT2D eigenvalue weighted by molar-refractivity contribution is 7.88. The van der Waals surface area contributed by atoms with E-state index in [0.717, 1.165) is 0 Å². The lowest BCUT2D eigenvalue weighted by atomic mass is 10.0. The Morgan fingerprint density at radius 3 is 2.60 bits per heavy atom. The number of hydrogen-bond donors (Lipinski definition) is 3. The highest BCUT2D eigenvalue weighted by atomic mass is 32.2. The Morgan fingerprint density at radius 1 is 1.20 bits per heavy atom. The van der Waals surface area contributed by atoms with Crippen molar-refractivity contribution >= 4 is 39.2 Å². The molecule has 0 aliphatic carbocycles. The van der Waals surface area contributed by atoms with Gasteiger partial charge < -0.3 is 24.1 Å². The van der Waals surface area contributed by atoms with Gasteiger partial charge >= 0.3 is 16.3 Å². The van der Waals surface area contributed by atoms with Crippen LogP contribution in [0.2, 0.25) is 0 Å². The van der Waals surface area contributed by atoms with Crippen molar-refractivity contribution in [3.8, 4) is 5.88 Å². The lowest BCUT2D eigenvalue weighted by molar-refractivity contribution is 0.0569. The number of fused-ring (bicyclic) bond motifs is 1. The maximum atomic E-state index is 14.2. The van der Waals surface area contributed by atoms with Crippen LogP contribution in [0.3, 0.4) is 0 Å². The Morgan fingerprint density at radius 2 is 1.93 bits per heavy atom. The average molecular weight is 578 g/mol. The van der Waals surface area contributed by atoms with Crippen LogP contribution in [-0.2, 0) is 14.9 Å². The maximum absolute atomic E-state index is 14.2. The number of benzene rings is 1. The SMILES string of the molecule is CCOc1nc(C(=O)Nc2cc(F)ccc2N2CCC(NS(=O)(=O)NC(=O)OC(C)(C)C)CC2)cn2ccnc12. The molecule has 3 aromatic rings. The van der Waals surface area contributed by atoms with Gasteiger partial charge in [-0.15, -0.1) is 0 Å². The number of piperidine rings is 1. The third kappa shape index (κ3) is 7.35. The number of nitrogens with zero attached hydrogens (tertiary/aromatic N) is 4. The van der Waals surface area contributed by atoms with Crippen LogP contribution in [-0.4, -0.2) is 66.1 Å². The zero-order valence-electron chi connectivity index (χ0n) is 22.6. The molecule has 0 radical (unpaired) electrons. The second-order valence-corrected chi connectivity index (χ2v) is 11.6. The zero-order valence-corrected chi connectivity index (χ0v) is 23.4. The molecule has 2 aromatic heterocycles. The lowest BCUT2D eigenvalue weighted by Gasteiger charge is -2.34. The fraction of sp³-hybridized carbons (Fsp3) is 0.440. The fourth-order valence-electron chi connectivity index (χ4n) is 4.21. The first-order chi connectivity index (χ1) is 18.8. The van der Waals surface area contributed by atoms with Gasteiger partial charge in [0.25, 0.3) is 11.8 Å². The fourth-order valence-corrected chi connectivity index (χ4v) is 5.21. The van der Waals surface area contributed by atoms with Crippen LogP contribution in [0.1, 0.15) is 51.0 Å². The zero-order chi connectivity index (χ0) is 29.1. The molecular formula is C25H32FN7O6S. The molecule has 2 amide bonds. The molecule has 1 aliphatic heterocycles. The van der Waals surface area contributed by atoms with E-state index in [1.807, 2.05) is 9.62 Å². The number of nitrogens with one attached hydrogen (secondary N) is 3. The Kier molecular flexibility index (Phi) is 8.44. The third-order valence-corrected chi connectivity index (χ3v) is 6.92. The number of ether oxygens (including phenoxy) is 2. The Labute approximate surface area is 231 Å². The summed E-state index contributed by atoms with van der Waals surface area (Å²) in [6, 6.07) is 3.61. The lowest BCUT2D eigenvalue weighted by Crippen LogP contribution is -2.50. The summed E-state index contributed by atoms with van der Waals surface area (Å²) in [6.45, 7) is 7.81. The summed E-state index contributed by atoms with van der Waals surface area (Å²) in [5.74, 6) is -0.910. The molecule has 0 saturated carbocycles. The first-order valence-electron chi connectivity index (χ1n) is 12.7. The number of carbonyl (C=O) groups excluding carboxylic acids is 2. The average Bonchev–Trinajstić information content (AvgIpc) is 3.32. The molecule has 4 rings (SSSR count). The van der Waals surface area contributed by atoms with E-state index >= 15 is 0 Å². The van der Waals surface area contributed by atoms with Crippen LogP contribution < -0.4 is 24.4 Å². The molecule has 216 valence electrons. The van der Waals surface area contributed by atoms with Crippen molar-refractivity contribution in [2.45, 2.75) is 52.2 Å². The Balaban J connectivity index is 1.43. The standard InChI is InChI=1S/C25H32FN7O6S/c1-5-38-23-21-27-10-13-33(21)15-19(29-23)22(34)28-18-14-16(26)6-7-20(18)32-11-8-17(9-12-32)30-40(36,37)31-24(35)39-25(2,3)4/h6-7,10,13-15,17,30H,5,8-9,11-12H2,1-4H3,(H,28,34)(H,31,35). The van der Waals surface area contributed by atoms with E-state index in [4.69, 9.17) is 9.47 Å². The number of imidazole rings is 1. The van der Waals surface area contributed by atoms with Crippen LogP contribution in [0.5, 0.6) is 5.88 Å². The second-order valence-electron chi connectivity index (χ2n) is 10.1. The highest BCUT2D eigenvalue weighted by Crippen LogP contribution is 2.30. The molecule has 13 nitrogen and oxygen atoms in total. The molecule has 0 bridgehead atoms. The van der Waals surface area contributed by atoms with Gasteiger partial charge in [-0.25, -0.2) is 23.9 Å². The van der Waals surface area contributed by atoms with Gasteiger partial charge in [0.15, 0.2) is 0 Å². The van der Waals surface area contributed by atoms with Crippen molar-refractivity contribution in [2.24, 2.45) is 0 Å². The van der Waals surface area contributed by atoms with Gasteiger partial charge in [0.1, 0.15) is 17.1 Å². The van der Waals surface area contributed by atoms with Gasteiger partial charge in [-0.2, -0.15) is 13.1 Å². The predicted molar refractivity (Wildman–Crippen MR) is 145 cm³/mol. The number of carbonyl (C=O) groups is 2. The second kappa shape index (κ2) is 11.6. The van der Waals surface area contributed by atoms with Gasteiger partial charge in [0.2, 0.25) is 5.65 Å². The first-order valence-corrected chi connectivity index (χ1v) is 14.2. The first kappa shape index (κ1) is 29.0. The number of anilines is 2. The van der Waals surface area contributed by atoms with Crippen LogP contribution in [0.4, 0.5) is 20.6 Å². The van der Waals surface area contributed by atoms with Crippen LogP contribution in [0, 0.1) is 5.82 Å². The Hall–Kier alpha value is -3.98. The molecular weight excluding hydrogens is 545 g/mol. The summed E-state index contributed by atoms with van der Waals surface area (Å²) in [5, 5.41) is 2.74. The van der Waals surface area contributed by atoms with E-state index in [1.54, 1.807) is 50.6 Å². The number of hydrogen-bond acceptors (Lipinski definition) is 9. The molecule has 40 heavy (non-hydrogen) atoms. The quantitative estimate of drug-likeness (QED) is 0.366. The van der Waals surface area contributed by atoms with Gasteiger partial charge in [-0.1, -0.05) is 0 Å². The minimum absolute atomic E-state index is 0.0507. The Bertz CT molecular complexity index is 1500. The van der Waals surface area contributed by atoms with E-state index in [9.17, 15) is 22.4 Å². The van der Waals surface area contributed by atoms with Crippen molar-refractivity contribution in [3.63, 3.8) is 0 Å². The topological polar surface area (TPSA) is 156 Å². The number of aromatic nitrogens is 3. The van der Waals surface area contributed by atoms with Crippen LogP contribution >= 0.6 is 0 Å². The van der Waals surface area contributed by atoms with Crippen molar-refractivity contribution in [1.29, 1.82) is 0 Å². The summed E-state index contributed by atoms with van der Waals surface area (Å²) in [5.41, 5.74) is 0.471. The monoisotopic (exact) mass is 577 g/mol. The van der Waals surface area contributed by atoms with Gasteiger partial charge in [0, 0.05) is 37.7 Å². The van der Waals surface area contributed by atoms with Crippen LogP contribution in [0.15, 0.2) is 36.8 Å². The summed E-state index contributed by atoms with van der Waals surface area (Å²) < 4.78 is 55.4. The molecule has 3 N–H and O–H groups in total. The number of rotatable bonds is 8. The van der Waals surface area contributed by atoms with E-state index < -0.39 is 39.7 Å². The van der Waals surface area contributed by atoms with E-state index in [1.165, 1.54) is 18.3 Å². The van der Waals surface area contributed by atoms with Crippen molar-refractivity contribution in [1.82, 2.24) is 23.8 Å². The molecule has 1 aliphatic rings. The van der Waals surface area contributed by atoms with E-state index in [-0.39, 0.29) is 17.3 Å². The van der Waals surface area contributed by atoms with Gasteiger partial charge in [-0.05, 0) is 58.7 Å². The minimum atomic E-state index is -4.14. The van der Waals surface area contributed by atoms with E-state index in [0.29, 0.717) is 43.9 Å². The molecule has 0 unspecified atom stereocenters. The van der Waals surface area contributed by atoms with Crippen molar-refractivity contribution in [2.75, 3.05) is 29.9 Å². The molecule has 3 heterocycles. The molecule has 1 saturated heterocycles. The molecule has 0 atom stereocenters.